The first-order chi connectivity index (χ1) is 13.1. The molecule has 5 nitrogen and oxygen atoms in total. The van der Waals surface area contributed by atoms with Gasteiger partial charge in [0.15, 0.2) is 0 Å². The van der Waals surface area contributed by atoms with Gasteiger partial charge in [0.05, 0.1) is 6.54 Å². The molecule has 0 saturated heterocycles. The summed E-state index contributed by atoms with van der Waals surface area (Å²) in [6.07, 6.45) is 4.66. The molecule has 0 saturated carbocycles. The number of nitrogens with zero attached hydrogens (tertiary/aromatic N) is 2. The van der Waals surface area contributed by atoms with Crippen LogP contribution in [0, 0.1) is 0 Å². The Morgan fingerprint density at radius 3 is 2.70 bits per heavy atom. The Kier molecular flexibility index (Phi) is 6.24. The highest BCUT2D eigenvalue weighted by Crippen LogP contribution is 2.15. The minimum atomic E-state index is -0.343. The van der Waals surface area contributed by atoms with Crippen molar-refractivity contribution < 1.29 is 4.79 Å². The van der Waals surface area contributed by atoms with E-state index in [1.165, 1.54) is 0 Å². The predicted octanol–water partition coefficient (Wildman–Crippen LogP) is 4.02. The van der Waals surface area contributed by atoms with E-state index in [0.29, 0.717) is 23.8 Å². The van der Waals surface area contributed by atoms with E-state index < -0.39 is 0 Å². The van der Waals surface area contributed by atoms with Crippen LogP contribution in [-0.2, 0) is 6.54 Å². The fraction of sp³-hybridized carbons (Fsp3) is 0.286. The van der Waals surface area contributed by atoms with Gasteiger partial charge in [-0.25, -0.2) is 4.98 Å². The second kappa shape index (κ2) is 8.82. The van der Waals surface area contributed by atoms with Crippen LogP contribution in [-0.4, -0.2) is 22.0 Å². The molecule has 0 aliphatic carbocycles. The number of fused-ring (bicyclic) bond motifs is 1. The number of nitrogens with one attached hydrogen (secondary N) is 1. The lowest BCUT2D eigenvalue weighted by atomic mass is 10.1. The maximum atomic E-state index is 13.0. The first-order valence-corrected chi connectivity index (χ1v) is 9.49. The summed E-state index contributed by atoms with van der Waals surface area (Å²) in [7, 11) is 0. The summed E-state index contributed by atoms with van der Waals surface area (Å²) in [5.41, 5.74) is 1.26. The topological polar surface area (TPSA) is 64.0 Å². The van der Waals surface area contributed by atoms with Crippen molar-refractivity contribution >= 4 is 28.5 Å². The van der Waals surface area contributed by atoms with E-state index in [2.05, 4.69) is 17.2 Å². The molecule has 0 radical (unpaired) electrons. The van der Waals surface area contributed by atoms with Crippen molar-refractivity contribution in [3.8, 4) is 0 Å². The summed E-state index contributed by atoms with van der Waals surface area (Å²) in [4.78, 5) is 29.9. The summed E-state index contributed by atoms with van der Waals surface area (Å²) >= 11 is 5.94. The molecule has 1 amide bonds. The van der Waals surface area contributed by atoms with Gasteiger partial charge < -0.3 is 5.32 Å². The van der Waals surface area contributed by atoms with E-state index in [1.54, 1.807) is 35.0 Å². The second-order valence-corrected chi connectivity index (χ2v) is 6.89. The van der Waals surface area contributed by atoms with Crippen molar-refractivity contribution in [2.24, 2.45) is 0 Å². The molecule has 1 aromatic carbocycles. The van der Waals surface area contributed by atoms with Gasteiger partial charge in [-0.05, 0) is 42.3 Å². The molecule has 2 aromatic heterocycles. The molecular formula is C21H22ClN3O2. The fourth-order valence-electron chi connectivity index (χ4n) is 2.96. The van der Waals surface area contributed by atoms with Gasteiger partial charge in [-0.15, -0.1) is 0 Å². The third kappa shape index (κ3) is 4.55. The quantitative estimate of drug-likeness (QED) is 0.627. The summed E-state index contributed by atoms with van der Waals surface area (Å²) in [5.74, 6) is -0.341. The van der Waals surface area contributed by atoms with Crippen LogP contribution in [0.1, 0.15) is 42.1 Å². The van der Waals surface area contributed by atoms with Crippen LogP contribution in [0.5, 0.6) is 0 Å². The van der Waals surface area contributed by atoms with Crippen LogP contribution in [0.15, 0.2) is 53.5 Å². The second-order valence-electron chi connectivity index (χ2n) is 6.46. The summed E-state index contributed by atoms with van der Waals surface area (Å²) < 4.78 is 1.54. The zero-order chi connectivity index (χ0) is 19.2. The van der Waals surface area contributed by atoms with E-state index in [4.69, 9.17) is 11.6 Å². The third-order valence-electron chi connectivity index (χ3n) is 4.41. The number of hydrogen-bond acceptors (Lipinski definition) is 3. The van der Waals surface area contributed by atoms with E-state index in [-0.39, 0.29) is 17.0 Å². The lowest BCUT2D eigenvalue weighted by molar-refractivity contribution is 0.0951. The van der Waals surface area contributed by atoms with Gasteiger partial charge in [-0.3, -0.25) is 14.2 Å². The summed E-state index contributed by atoms with van der Waals surface area (Å²) in [6, 6.07) is 12.6. The summed E-state index contributed by atoms with van der Waals surface area (Å²) in [5, 5.41) is 4.24. The Morgan fingerprint density at radius 1 is 1.19 bits per heavy atom. The van der Waals surface area contributed by atoms with Crippen molar-refractivity contribution in [3.63, 3.8) is 0 Å². The molecule has 0 atom stereocenters. The van der Waals surface area contributed by atoms with Gasteiger partial charge in [-0.2, -0.15) is 0 Å². The molecule has 0 aliphatic heterocycles. The largest absolute Gasteiger partial charge is 0.352 e. The van der Waals surface area contributed by atoms with E-state index in [0.717, 1.165) is 30.2 Å². The molecule has 6 heteroatoms. The Hall–Kier alpha value is -2.66. The molecule has 140 valence electrons. The third-order valence-corrected chi connectivity index (χ3v) is 4.66. The van der Waals surface area contributed by atoms with E-state index in [9.17, 15) is 9.59 Å². The smallest absolute Gasteiger partial charge is 0.265 e. The maximum Gasteiger partial charge on any atom is 0.265 e. The number of benzene rings is 1. The summed E-state index contributed by atoms with van der Waals surface area (Å²) in [6.45, 7) is 2.99. The van der Waals surface area contributed by atoms with Crippen LogP contribution in [0.25, 0.3) is 11.0 Å². The Bertz CT molecular complexity index is 996. The average Bonchev–Trinajstić information content (AvgIpc) is 2.68. The number of carbonyl (C=O) groups excluding carboxylic acids is 1. The van der Waals surface area contributed by atoms with E-state index >= 15 is 0 Å². The Balaban J connectivity index is 1.98. The van der Waals surface area contributed by atoms with Crippen LogP contribution >= 0.6 is 11.6 Å². The number of halogens is 1. The molecule has 3 aromatic rings. The highest BCUT2D eigenvalue weighted by Gasteiger charge is 2.16. The van der Waals surface area contributed by atoms with Gasteiger partial charge >= 0.3 is 0 Å². The SMILES string of the molecule is CCCCCNC(=O)c1cc2cccnc2n(Cc2ccc(Cl)cc2)c1=O. The van der Waals surface area contributed by atoms with Crippen molar-refractivity contribution in [1.82, 2.24) is 14.9 Å². The highest BCUT2D eigenvalue weighted by atomic mass is 35.5. The number of carbonyl (C=O) groups is 1. The van der Waals surface area contributed by atoms with Crippen LogP contribution in [0.3, 0.4) is 0 Å². The molecule has 0 unspecified atom stereocenters. The predicted molar refractivity (Wildman–Crippen MR) is 108 cm³/mol. The van der Waals surface area contributed by atoms with Gasteiger partial charge in [0.25, 0.3) is 11.5 Å². The lowest BCUT2D eigenvalue weighted by Crippen LogP contribution is -2.34. The number of pyridine rings is 2. The minimum Gasteiger partial charge on any atom is -0.352 e. The van der Waals surface area contributed by atoms with Crippen molar-refractivity contribution in [3.05, 3.63) is 75.2 Å². The average molecular weight is 384 g/mol. The number of unbranched alkanes of at least 4 members (excludes halogenated alkanes) is 2. The molecule has 0 bridgehead atoms. The van der Waals surface area contributed by atoms with Crippen LogP contribution in [0.4, 0.5) is 0 Å². The first kappa shape index (κ1) is 19.1. The van der Waals surface area contributed by atoms with Gasteiger partial charge in [0, 0.05) is 23.2 Å². The van der Waals surface area contributed by atoms with Crippen LogP contribution in [0.2, 0.25) is 5.02 Å². The first-order valence-electron chi connectivity index (χ1n) is 9.11. The number of aromatic nitrogens is 2. The molecule has 27 heavy (non-hydrogen) atoms. The Morgan fingerprint density at radius 2 is 1.96 bits per heavy atom. The highest BCUT2D eigenvalue weighted by molar-refractivity contribution is 6.30. The maximum absolute atomic E-state index is 13.0. The molecule has 2 heterocycles. The molecule has 1 N–H and O–H groups in total. The Labute approximate surface area is 163 Å². The number of rotatable bonds is 7. The normalized spacial score (nSPS) is 10.9. The van der Waals surface area contributed by atoms with Gasteiger partial charge in [-0.1, -0.05) is 43.5 Å². The standard InChI is InChI=1S/C21H22ClN3O2/c1-2-3-4-11-24-20(26)18-13-16-6-5-12-23-19(16)25(21(18)27)14-15-7-9-17(22)10-8-15/h5-10,12-13H,2-4,11,14H2,1H3,(H,24,26). The van der Waals surface area contributed by atoms with Gasteiger partial charge in [0.1, 0.15) is 11.2 Å². The number of hydrogen-bond donors (Lipinski definition) is 1. The monoisotopic (exact) mass is 383 g/mol. The molecule has 0 fully saturated rings. The minimum absolute atomic E-state index is 0.140. The van der Waals surface area contributed by atoms with Crippen LogP contribution < -0.4 is 10.9 Å². The zero-order valence-corrected chi connectivity index (χ0v) is 16.0. The number of amides is 1. The lowest BCUT2D eigenvalue weighted by Gasteiger charge is -2.12. The molecular weight excluding hydrogens is 362 g/mol. The molecule has 0 aliphatic rings. The zero-order valence-electron chi connectivity index (χ0n) is 15.2. The van der Waals surface area contributed by atoms with Crippen molar-refractivity contribution in [2.45, 2.75) is 32.7 Å². The molecule has 3 rings (SSSR count). The van der Waals surface area contributed by atoms with Crippen molar-refractivity contribution in [1.29, 1.82) is 0 Å². The van der Waals surface area contributed by atoms with Crippen molar-refractivity contribution in [2.75, 3.05) is 6.54 Å². The van der Waals surface area contributed by atoms with Gasteiger partial charge in [0.2, 0.25) is 0 Å². The van der Waals surface area contributed by atoms with E-state index in [1.807, 2.05) is 18.2 Å². The molecule has 0 spiro atoms. The fourth-order valence-corrected chi connectivity index (χ4v) is 3.09.